The van der Waals surface area contributed by atoms with Gasteiger partial charge >= 0.3 is 0 Å². The molecule has 1 N–H and O–H groups in total. The summed E-state index contributed by atoms with van der Waals surface area (Å²) in [6.45, 7) is 7.74. The Morgan fingerprint density at radius 1 is 1.20 bits per heavy atom. The zero-order valence-electron chi connectivity index (χ0n) is 12.6. The van der Waals surface area contributed by atoms with Crippen molar-refractivity contribution in [3.8, 4) is 0 Å². The highest BCUT2D eigenvalue weighted by Gasteiger charge is 2.27. The summed E-state index contributed by atoms with van der Waals surface area (Å²) >= 11 is 0. The van der Waals surface area contributed by atoms with Gasteiger partial charge in [-0.1, -0.05) is 36.2 Å². The largest absolute Gasteiger partial charge is 0.355 e. The van der Waals surface area contributed by atoms with Gasteiger partial charge in [0.25, 0.3) is 0 Å². The minimum Gasteiger partial charge on any atom is -0.355 e. The molecular formula is C15H23NO3S. The van der Waals surface area contributed by atoms with E-state index in [1.807, 2.05) is 39.0 Å². The highest BCUT2D eigenvalue weighted by atomic mass is 32.2. The molecule has 1 aromatic rings. The van der Waals surface area contributed by atoms with Crippen molar-refractivity contribution in [1.29, 1.82) is 0 Å². The van der Waals surface area contributed by atoms with Crippen LogP contribution in [-0.2, 0) is 20.4 Å². The minimum absolute atomic E-state index is 0.101. The summed E-state index contributed by atoms with van der Waals surface area (Å²) in [7, 11) is -3.49. The number of carbonyl (C=O) groups is 1. The fourth-order valence-corrected chi connectivity index (χ4v) is 3.36. The normalized spacial score (nSPS) is 13.0. The Morgan fingerprint density at radius 2 is 1.75 bits per heavy atom. The molecule has 0 radical (unpaired) electrons. The Morgan fingerprint density at radius 3 is 2.25 bits per heavy atom. The summed E-state index contributed by atoms with van der Waals surface area (Å²) in [5, 5.41) is 1.61. The fraction of sp³-hybridized carbons (Fsp3) is 0.533. The number of rotatable bonds is 6. The lowest BCUT2D eigenvalue weighted by Crippen LogP contribution is -2.38. The minimum atomic E-state index is -3.49. The van der Waals surface area contributed by atoms with E-state index in [0.717, 1.165) is 23.1 Å². The smallest absolute Gasteiger partial charge is 0.238 e. The van der Waals surface area contributed by atoms with E-state index in [1.165, 1.54) is 6.92 Å². The standard InChI is InChI=1S/C15H23NO3S/c1-5-6-16-15(17)13(4)20(18,19)10-14-8-11(2)7-12(3)9-14/h7-9,13H,5-6,10H2,1-4H3,(H,16,17). The van der Waals surface area contributed by atoms with E-state index in [-0.39, 0.29) is 5.75 Å². The quantitative estimate of drug-likeness (QED) is 0.875. The third kappa shape index (κ3) is 4.63. The monoisotopic (exact) mass is 297 g/mol. The van der Waals surface area contributed by atoms with Gasteiger partial charge in [0.05, 0.1) is 5.75 Å². The average Bonchev–Trinajstić information content (AvgIpc) is 2.33. The first-order valence-corrected chi connectivity index (χ1v) is 8.54. The first-order chi connectivity index (χ1) is 9.26. The van der Waals surface area contributed by atoms with Gasteiger partial charge in [0.2, 0.25) is 5.91 Å². The van der Waals surface area contributed by atoms with Crippen LogP contribution in [0.15, 0.2) is 18.2 Å². The van der Waals surface area contributed by atoms with Gasteiger partial charge < -0.3 is 5.32 Å². The Hall–Kier alpha value is -1.36. The molecule has 0 heterocycles. The molecule has 1 atom stereocenters. The van der Waals surface area contributed by atoms with Gasteiger partial charge in [-0.3, -0.25) is 4.79 Å². The number of amides is 1. The Balaban J connectivity index is 2.86. The highest BCUT2D eigenvalue weighted by molar-refractivity contribution is 7.92. The molecule has 4 nitrogen and oxygen atoms in total. The summed E-state index contributed by atoms with van der Waals surface area (Å²) in [5.74, 6) is -0.521. The van der Waals surface area contributed by atoms with Crippen molar-refractivity contribution in [3.63, 3.8) is 0 Å². The first kappa shape index (κ1) is 16.7. The van der Waals surface area contributed by atoms with Crippen LogP contribution in [0.4, 0.5) is 0 Å². The maximum Gasteiger partial charge on any atom is 0.238 e. The van der Waals surface area contributed by atoms with Crippen LogP contribution in [0.2, 0.25) is 0 Å². The lowest BCUT2D eigenvalue weighted by Gasteiger charge is -2.13. The van der Waals surface area contributed by atoms with Crippen LogP contribution in [0.25, 0.3) is 0 Å². The van der Waals surface area contributed by atoms with Crippen molar-refractivity contribution < 1.29 is 13.2 Å². The predicted molar refractivity (Wildman–Crippen MR) is 81.3 cm³/mol. The molecule has 0 spiro atoms. The zero-order chi connectivity index (χ0) is 15.3. The molecule has 0 saturated heterocycles. The van der Waals surface area contributed by atoms with E-state index in [9.17, 15) is 13.2 Å². The number of hydrogen-bond donors (Lipinski definition) is 1. The Bertz CT molecular complexity index is 559. The van der Waals surface area contributed by atoms with Crippen LogP contribution in [0.3, 0.4) is 0 Å². The third-order valence-electron chi connectivity index (χ3n) is 3.11. The van der Waals surface area contributed by atoms with Crippen molar-refractivity contribution in [3.05, 3.63) is 34.9 Å². The third-order valence-corrected chi connectivity index (χ3v) is 5.13. The van der Waals surface area contributed by atoms with Crippen LogP contribution in [-0.4, -0.2) is 26.1 Å². The van der Waals surface area contributed by atoms with E-state index in [0.29, 0.717) is 6.54 Å². The summed E-state index contributed by atoms with van der Waals surface area (Å²) in [6.07, 6.45) is 0.787. The van der Waals surface area contributed by atoms with Crippen LogP contribution < -0.4 is 5.32 Å². The molecule has 112 valence electrons. The molecule has 20 heavy (non-hydrogen) atoms. The lowest BCUT2D eigenvalue weighted by atomic mass is 10.1. The van der Waals surface area contributed by atoms with Crippen LogP contribution in [0.5, 0.6) is 0 Å². The van der Waals surface area contributed by atoms with E-state index in [4.69, 9.17) is 0 Å². The van der Waals surface area contributed by atoms with Gasteiger partial charge in [0.1, 0.15) is 5.25 Å². The molecule has 0 aliphatic heterocycles. The van der Waals surface area contributed by atoms with Gasteiger partial charge in [-0.25, -0.2) is 8.42 Å². The van der Waals surface area contributed by atoms with E-state index >= 15 is 0 Å². The van der Waals surface area contributed by atoms with Crippen LogP contribution >= 0.6 is 0 Å². The van der Waals surface area contributed by atoms with Gasteiger partial charge in [0, 0.05) is 6.54 Å². The van der Waals surface area contributed by atoms with Gasteiger partial charge in [0.15, 0.2) is 9.84 Å². The topological polar surface area (TPSA) is 63.2 Å². The molecule has 1 rings (SSSR count). The molecule has 0 bridgehead atoms. The molecule has 0 fully saturated rings. The summed E-state index contributed by atoms with van der Waals surface area (Å²) in [6, 6.07) is 5.69. The van der Waals surface area contributed by atoms with Gasteiger partial charge in [-0.15, -0.1) is 0 Å². The maximum absolute atomic E-state index is 12.3. The summed E-state index contributed by atoms with van der Waals surface area (Å²) in [5.41, 5.74) is 2.79. The highest BCUT2D eigenvalue weighted by Crippen LogP contribution is 2.15. The van der Waals surface area contributed by atoms with Crippen molar-refractivity contribution in [1.82, 2.24) is 5.32 Å². The summed E-state index contributed by atoms with van der Waals surface area (Å²) in [4.78, 5) is 11.8. The van der Waals surface area contributed by atoms with Gasteiger partial charge in [-0.05, 0) is 32.8 Å². The number of nitrogens with one attached hydrogen (secondary N) is 1. The van der Waals surface area contributed by atoms with Gasteiger partial charge in [-0.2, -0.15) is 0 Å². The molecule has 1 amide bonds. The SMILES string of the molecule is CCCNC(=O)C(C)S(=O)(=O)Cc1cc(C)cc(C)c1. The van der Waals surface area contributed by atoms with E-state index in [2.05, 4.69) is 5.32 Å². The number of aryl methyl sites for hydroxylation is 2. The van der Waals surface area contributed by atoms with E-state index < -0.39 is 21.0 Å². The molecule has 0 aromatic heterocycles. The van der Waals surface area contributed by atoms with Crippen LogP contribution in [0, 0.1) is 13.8 Å². The number of benzene rings is 1. The fourth-order valence-electron chi connectivity index (χ4n) is 2.06. The second-order valence-corrected chi connectivity index (χ2v) is 7.56. The van der Waals surface area contributed by atoms with Crippen molar-refractivity contribution in [2.75, 3.05) is 6.54 Å². The zero-order valence-corrected chi connectivity index (χ0v) is 13.4. The molecular weight excluding hydrogens is 274 g/mol. The Kier molecular flexibility index (Phi) is 5.74. The predicted octanol–water partition coefficient (Wildman–Crippen LogP) is 2.13. The number of hydrogen-bond acceptors (Lipinski definition) is 3. The number of sulfone groups is 1. The number of carbonyl (C=O) groups excluding carboxylic acids is 1. The molecule has 1 unspecified atom stereocenters. The molecule has 0 aliphatic rings. The van der Waals surface area contributed by atoms with E-state index in [1.54, 1.807) is 0 Å². The summed E-state index contributed by atoms with van der Waals surface area (Å²) < 4.78 is 24.5. The lowest BCUT2D eigenvalue weighted by molar-refractivity contribution is -0.120. The molecule has 1 aromatic carbocycles. The molecule has 0 saturated carbocycles. The van der Waals surface area contributed by atoms with Crippen molar-refractivity contribution >= 4 is 15.7 Å². The second-order valence-electron chi connectivity index (χ2n) is 5.24. The molecule has 5 heteroatoms. The second kappa shape index (κ2) is 6.88. The maximum atomic E-state index is 12.3. The van der Waals surface area contributed by atoms with Crippen LogP contribution in [0.1, 0.15) is 37.0 Å². The average molecular weight is 297 g/mol. The Labute approximate surface area is 121 Å². The van der Waals surface area contributed by atoms with Crippen molar-refractivity contribution in [2.24, 2.45) is 0 Å². The molecule has 0 aliphatic carbocycles. The van der Waals surface area contributed by atoms with Crippen molar-refractivity contribution in [2.45, 2.75) is 45.1 Å². The first-order valence-electron chi connectivity index (χ1n) is 6.82.